The predicted molar refractivity (Wildman–Crippen MR) is 176 cm³/mol. The molecule has 0 radical (unpaired) electrons. The third-order valence-corrected chi connectivity index (χ3v) is 12.1. The first-order chi connectivity index (χ1) is 21.6. The molecule has 4 aliphatic rings. The van der Waals surface area contributed by atoms with E-state index >= 15 is 0 Å². The monoisotopic (exact) mass is 642 g/mol. The zero-order valence-electron chi connectivity index (χ0n) is 29.4. The lowest BCUT2D eigenvalue weighted by atomic mass is 9.59. The number of hydrogen-bond acceptors (Lipinski definition) is 8. The van der Waals surface area contributed by atoms with E-state index in [0.717, 1.165) is 24.8 Å². The molecule has 8 heteroatoms. The Labute approximate surface area is 275 Å². The van der Waals surface area contributed by atoms with Crippen LogP contribution in [0.15, 0.2) is 34.4 Å². The molecule has 0 aromatic heterocycles. The van der Waals surface area contributed by atoms with E-state index in [2.05, 4.69) is 6.92 Å². The largest absolute Gasteiger partial charge is 0.458 e. The molecule has 0 saturated heterocycles. The minimum Gasteiger partial charge on any atom is -0.458 e. The highest BCUT2D eigenvalue weighted by Crippen LogP contribution is 2.75. The van der Waals surface area contributed by atoms with Crippen molar-refractivity contribution in [1.82, 2.24) is 0 Å². The lowest BCUT2D eigenvalue weighted by Crippen LogP contribution is -2.66. The van der Waals surface area contributed by atoms with E-state index in [4.69, 9.17) is 9.47 Å². The molecule has 0 amide bonds. The van der Waals surface area contributed by atoms with Crippen molar-refractivity contribution in [2.45, 2.75) is 149 Å². The van der Waals surface area contributed by atoms with Gasteiger partial charge in [0.25, 0.3) is 0 Å². The first kappa shape index (κ1) is 36.5. The van der Waals surface area contributed by atoms with Gasteiger partial charge in [0.15, 0.2) is 17.5 Å². The summed E-state index contributed by atoms with van der Waals surface area (Å²) in [6, 6.07) is 0. The van der Waals surface area contributed by atoms with Crippen molar-refractivity contribution in [2.24, 2.45) is 28.6 Å². The van der Waals surface area contributed by atoms with Crippen LogP contribution in [0.1, 0.15) is 126 Å². The summed E-state index contributed by atoms with van der Waals surface area (Å²) in [5.41, 5.74) is -3.74. The Kier molecular flexibility index (Phi) is 10.9. The van der Waals surface area contributed by atoms with E-state index in [0.29, 0.717) is 24.0 Å². The number of ether oxygens (including phenoxy) is 2. The molecular weight excluding hydrogens is 584 g/mol. The van der Waals surface area contributed by atoms with Gasteiger partial charge in [-0.1, -0.05) is 96.8 Å². The SMILES string of the molecule is CCCCCCCCCCCC(=O)O[C@@]12CC(C)C34C=C(C)[C@H](OC(=O)C(C)=C(C)C)[C@@]3(O)[C@H](O)C(CO)=C[C@H](C4=O)[C@@H]1C2(C)C. The van der Waals surface area contributed by atoms with E-state index in [-0.39, 0.29) is 17.3 Å². The van der Waals surface area contributed by atoms with Gasteiger partial charge in [-0.3, -0.25) is 9.59 Å². The molecule has 2 fully saturated rings. The number of unbranched alkanes of at least 4 members (excludes halogenated alkanes) is 8. The summed E-state index contributed by atoms with van der Waals surface area (Å²) in [5, 5.41) is 34.9. The molecule has 2 bridgehead atoms. The van der Waals surface area contributed by atoms with Crippen molar-refractivity contribution < 1.29 is 39.2 Å². The molecule has 4 rings (SSSR count). The van der Waals surface area contributed by atoms with Crippen LogP contribution in [-0.2, 0) is 23.9 Å². The van der Waals surface area contributed by atoms with Crippen LogP contribution in [0, 0.1) is 28.6 Å². The van der Waals surface area contributed by atoms with Gasteiger partial charge in [0.05, 0.1) is 12.0 Å². The summed E-state index contributed by atoms with van der Waals surface area (Å²) >= 11 is 0. The molecule has 3 N–H and O–H groups in total. The average Bonchev–Trinajstić information content (AvgIpc) is 3.40. The van der Waals surface area contributed by atoms with Crippen molar-refractivity contribution >= 4 is 17.7 Å². The summed E-state index contributed by atoms with van der Waals surface area (Å²) < 4.78 is 12.3. The van der Waals surface area contributed by atoms with Crippen molar-refractivity contribution in [3.05, 3.63) is 34.4 Å². The number of rotatable bonds is 14. The van der Waals surface area contributed by atoms with Gasteiger partial charge in [0.2, 0.25) is 0 Å². The van der Waals surface area contributed by atoms with E-state index in [1.54, 1.807) is 39.8 Å². The molecule has 2 saturated carbocycles. The standard InChI is InChI=1S/C38H58O8/c1-9-10-11-12-13-14-15-16-17-18-29(40)46-37-21-25(5)36-20-24(4)33(45-34(43)26(6)23(2)3)38(36,44)31(41)27(22-39)19-28(32(36)42)30(37)35(37,7)8/h19-20,25,28,30-31,33,39,41,44H,9-18,21-22H2,1-8H3/t25?,28-,30+,31+,33-,36?,37-,38-/m0/s1. The number of aliphatic hydroxyl groups is 3. The highest BCUT2D eigenvalue weighted by molar-refractivity contribution is 5.96. The zero-order chi connectivity index (χ0) is 34.2. The summed E-state index contributed by atoms with van der Waals surface area (Å²) in [5.74, 6) is -3.07. The van der Waals surface area contributed by atoms with Crippen LogP contribution in [-0.4, -0.2) is 63.1 Å². The molecule has 2 unspecified atom stereocenters. The molecule has 4 aliphatic carbocycles. The number of carbonyl (C=O) groups excluding carboxylic acids is 3. The van der Waals surface area contributed by atoms with Gasteiger partial charge in [-0.2, -0.15) is 0 Å². The van der Waals surface area contributed by atoms with Crippen LogP contribution in [0.25, 0.3) is 0 Å². The minimum absolute atomic E-state index is 0.0949. The van der Waals surface area contributed by atoms with Crippen LogP contribution in [0.4, 0.5) is 0 Å². The molecule has 0 aromatic carbocycles. The molecule has 8 nitrogen and oxygen atoms in total. The van der Waals surface area contributed by atoms with Gasteiger partial charge in [0, 0.05) is 29.2 Å². The fourth-order valence-corrected chi connectivity index (χ4v) is 9.13. The maximum Gasteiger partial charge on any atom is 0.334 e. The van der Waals surface area contributed by atoms with E-state index in [1.807, 2.05) is 20.8 Å². The number of allylic oxidation sites excluding steroid dienone is 2. The molecule has 46 heavy (non-hydrogen) atoms. The lowest BCUT2D eigenvalue weighted by molar-refractivity contribution is -0.203. The van der Waals surface area contributed by atoms with Crippen LogP contribution in [0.2, 0.25) is 0 Å². The fraction of sp³-hybridized carbons (Fsp3) is 0.763. The summed E-state index contributed by atoms with van der Waals surface area (Å²) in [7, 11) is 0. The third kappa shape index (κ3) is 5.74. The second-order valence-corrected chi connectivity index (χ2v) is 15.4. The van der Waals surface area contributed by atoms with Crippen molar-refractivity contribution in [3.63, 3.8) is 0 Å². The summed E-state index contributed by atoms with van der Waals surface area (Å²) in [6.45, 7) is 14.4. The number of hydrogen-bond donors (Lipinski definition) is 3. The zero-order valence-corrected chi connectivity index (χ0v) is 29.4. The Bertz CT molecular complexity index is 1290. The molecule has 0 aliphatic heterocycles. The maximum absolute atomic E-state index is 14.9. The minimum atomic E-state index is -2.27. The van der Waals surface area contributed by atoms with Crippen LogP contribution < -0.4 is 0 Å². The van der Waals surface area contributed by atoms with Gasteiger partial charge in [-0.25, -0.2) is 4.79 Å². The number of ketones is 1. The van der Waals surface area contributed by atoms with E-state index < -0.39 is 64.6 Å². The van der Waals surface area contributed by atoms with Gasteiger partial charge in [-0.15, -0.1) is 0 Å². The van der Waals surface area contributed by atoms with Crippen LogP contribution in [0.3, 0.4) is 0 Å². The van der Waals surface area contributed by atoms with Gasteiger partial charge < -0.3 is 24.8 Å². The smallest absolute Gasteiger partial charge is 0.334 e. The molecule has 8 atom stereocenters. The highest BCUT2D eigenvalue weighted by Gasteiger charge is 2.83. The first-order valence-corrected chi connectivity index (χ1v) is 17.6. The number of esters is 2. The van der Waals surface area contributed by atoms with Crippen molar-refractivity contribution in [3.8, 4) is 0 Å². The fourth-order valence-electron chi connectivity index (χ4n) is 9.13. The van der Waals surface area contributed by atoms with E-state index in [1.165, 1.54) is 38.5 Å². The Morgan fingerprint density at radius 2 is 1.59 bits per heavy atom. The van der Waals surface area contributed by atoms with E-state index in [9.17, 15) is 29.7 Å². The van der Waals surface area contributed by atoms with Crippen LogP contribution >= 0.6 is 0 Å². The maximum atomic E-state index is 14.9. The van der Waals surface area contributed by atoms with Crippen molar-refractivity contribution in [1.29, 1.82) is 0 Å². The quantitative estimate of drug-likeness (QED) is 0.0870. The lowest BCUT2D eigenvalue weighted by Gasteiger charge is -2.49. The molecular formula is C38H58O8. The number of Topliss-reactive ketones (excluding diaryl/α,β-unsaturated/α-hetero) is 1. The Morgan fingerprint density at radius 1 is 1.00 bits per heavy atom. The number of carbonyl (C=O) groups is 3. The molecule has 1 spiro atoms. The predicted octanol–water partition coefficient (Wildman–Crippen LogP) is 6.31. The molecule has 0 heterocycles. The topological polar surface area (TPSA) is 130 Å². The van der Waals surface area contributed by atoms with Gasteiger partial charge in [0.1, 0.15) is 11.7 Å². The molecule has 258 valence electrons. The van der Waals surface area contributed by atoms with Crippen molar-refractivity contribution in [2.75, 3.05) is 6.61 Å². The van der Waals surface area contributed by atoms with Gasteiger partial charge >= 0.3 is 11.9 Å². The number of aliphatic hydroxyl groups excluding tert-OH is 2. The van der Waals surface area contributed by atoms with Gasteiger partial charge in [-0.05, 0) is 57.6 Å². The summed E-state index contributed by atoms with van der Waals surface area (Å²) in [4.78, 5) is 41.4. The van der Waals surface area contributed by atoms with Crippen LogP contribution in [0.5, 0.6) is 0 Å². The Balaban J connectivity index is 1.61. The third-order valence-electron chi connectivity index (χ3n) is 12.1. The Morgan fingerprint density at radius 3 is 2.15 bits per heavy atom. The Hall–Kier alpha value is -2.29. The average molecular weight is 643 g/mol. The highest BCUT2D eigenvalue weighted by atomic mass is 16.6. The summed E-state index contributed by atoms with van der Waals surface area (Å²) in [6.07, 6.45) is 11.1. The number of fused-ring (bicyclic) bond motifs is 3. The normalized spacial score (nSPS) is 35.5. The first-order valence-electron chi connectivity index (χ1n) is 17.6. The second-order valence-electron chi connectivity index (χ2n) is 15.4. The second kappa shape index (κ2) is 13.7. The molecule has 0 aromatic rings.